The van der Waals surface area contributed by atoms with Crippen molar-refractivity contribution in [1.82, 2.24) is 19.3 Å². The number of aromatic nitrogens is 4. The van der Waals surface area contributed by atoms with Gasteiger partial charge in [-0.1, -0.05) is 25.5 Å². The largest absolute Gasteiger partial charge is 0.383 e. The second-order valence-electron chi connectivity index (χ2n) is 7.65. The van der Waals surface area contributed by atoms with Gasteiger partial charge in [-0.15, -0.1) is 0 Å². The quantitative estimate of drug-likeness (QED) is 0.602. The summed E-state index contributed by atoms with van der Waals surface area (Å²) in [6.45, 7) is 6.79. The van der Waals surface area contributed by atoms with Gasteiger partial charge in [0.25, 0.3) is 11.5 Å². The van der Waals surface area contributed by atoms with Crippen LogP contribution in [0, 0.1) is 13.8 Å². The second kappa shape index (κ2) is 9.03. The number of hydrogen-bond donors (Lipinski definition) is 2. The van der Waals surface area contributed by atoms with Gasteiger partial charge in [-0.05, 0) is 44.0 Å². The monoisotopic (exact) mass is 424 g/mol. The molecule has 1 aromatic carbocycles. The molecule has 3 aromatic rings. The summed E-state index contributed by atoms with van der Waals surface area (Å²) < 4.78 is 3.16. The average Bonchev–Trinajstić information content (AvgIpc) is 3.03. The maximum Gasteiger partial charge on any atom is 0.330 e. The van der Waals surface area contributed by atoms with Crippen LogP contribution < -0.4 is 21.9 Å². The van der Waals surface area contributed by atoms with Crippen LogP contribution in [0.2, 0.25) is 0 Å². The molecular weight excluding hydrogens is 396 g/mol. The number of unbranched alkanes of at least 4 members (excludes halogenated alkanes) is 1. The van der Waals surface area contributed by atoms with E-state index in [4.69, 9.17) is 5.73 Å². The number of rotatable bonds is 7. The summed E-state index contributed by atoms with van der Waals surface area (Å²) in [4.78, 5) is 41.2. The van der Waals surface area contributed by atoms with Gasteiger partial charge in [0.2, 0.25) is 0 Å². The molecule has 0 aliphatic carbocycles. The molecule has 9 heteroatoms. The molecule has 0 radical (unpaired) electrons. The topological polar surface area (TPSA) is 119 Å². The maximum atomic E-state index is 13.1. The molecule has 31 heavy (non-hydrogen) atoms. The lowest BCUT2D eigenvalue weighted by Crippen LogP contribution is -2.39. The lowest BCUT2D eigenvalue weighted by molar-refractivity contribution is 0.0992. The highest BCUT2D eigenvalue weighted by Crippen LogP contribution is 2.19. The van der Waals surface area contributed by atoms with Gasteiger partial charge in [-0.2, -0.15) is 5.10 Å². The Hall–Kier alpha value is -3.62. The van der Waals surface area contributed by atoms with E-state index < -0.39 is 17.2 Å². The van der Waals surface area contributed by atoms with Crippen molar-refractivity contribution in [2.24, 2.45) is 0 Å². The lowest BCUT2D eigenvalue weighted by atomic mass is 10.1. The predicted molar refractivity (Wildman–Crippen MR) is 121 cm³/mol. The molecule has 0 bridgehead atoms. The fraction of sp³-hybridized carbons (Fsp3) is 0.364. The molecule has 0 unspecified atom stereocenters. The van der Waals surface area contributed by atoms with Crippen molar-refractivity contribution in [1.29, 1.82) is 0 Å². The number of H-pyrrole nitrogens is 1. The first-order valence-corrected chi connectivity index (χ1v) is 10.2. The molecule has 0 saturated heterocycles. The highest BCUT2D eigenvalue weighted by atomic mass is 16.2. The first kappa shape index (κ1) is 22.1. The van der Waals surface area contributed by atoms with Crippen molar-refractivity contribution in [3.63, 3.8) is 0 Å². The van der Waals surface area contributed by atoms with Crippen LogP contribution in [-0.2, 0) is 13.1 Å². The Morgan fingerprint density at radius 3 is 2.61 bits per heavy atom. The van der Waals surface area contributed by atoms with Crippen LogP contribution >= 0.6 is 0 Å². The minimum atomic E-state index is -0.690. The van der Waals surface area contributed by atoms with E-state index in [1.165, 1.54) is 16.5 Å². The lowest BCUT2D eigenvalue weighted by Gasteiger charge is -2.20. The van der Waals surface area contributed by atoms with E-state index in [0.717, 1.165) is 29.8 Å². The summed E-state index contributed by atoms with van der Waals surface area (Å²) >= 11 is 0. The standard InChI is InChI=1S/C22H28N6O3/c1-5-6-10-27-19(23)18(20(29)24-22(27)31)26(4)21(30)17-9-7-8-16(12-17)13-28-15(3)11-14(2)25-28/h7-9,11-12H,5-6,10,13,23H2,1-4H3,(H,24,29,31). The number of hydrogen-bond acceptors (Lipinski definition) is 5. The van der Waals surface area contributed by atoms with Crippen LogP contribution in [0.25, 0.3) is 0 Å². The Morgan fingerprint density at radius 2 is 1.97 bits per heavy atom. The van der Waals surface area contributed by atoms with E-state index in [-0.39, 0.29) is 11.5 Å². The van der Waals surface area contributed by atoms with Crippen LogP contribution in [0.5, 0.6) is 0 Å². The van der Waals surface area contributed by atoms with Gasteiger partial charge < -0.3 is 10.6 Å². The Kier molecular flexibility index (Phi) is 6.43. The van der Waals surface area contributed by atoms with Gasteiger partial charge in [0.15, 0.2) is 5.69 Å². The Bertz CT molecular complexity index is 1220. The zero-order valence-corrected chi connectivity index (χ0v) is 18.3. The maximum absolute atomic E-state index is 13.1. The molecule has 1 amide bonds. The number of carbonyl (C=O) groups excluding carboxylic acids is 1. The van der Waals surface area contributed by atoms with Gasteiger partial charge >= 0.3 is 5.69 Å². The molecule has 0 fully saturated rings. The van der Waals surface area contributed by atoms with Crippen LogP contribution in [0.1, 0.15) is 47.1 Å². The first-order chi connectivity index (χ1) is 14.7. The Morgan fingerprint density at radius 1 is 1.23 bits per heavy atom. The SMILES string of the molecule is CCCCn1c(N)c(N(C)C(=O)c2cccc(Cn3nc(C)cc3C)c2)c(=O)[nH]c1=O. The van der Waals surface area contributed by atoms with Crippen molar-refractivity contribution in [3.05, 3.63) is 73.7 Å². The van der Waals surface area contributed by atoms with Gasteiger partial charge in [0, 0.05) is 24.8 Å². The van der Waals surface area contributed by atoms with Gasteiger partial charge in [0.05, 0.1) is 12.2 Å². The molecule has 2 aromatic heterocycles. The predicted octanol–water partition coefficient (Wildman–Crippen LogP) is 2.06. The molecule has 2 heterocycles. The van der Waals surface area contributed by atoms with Gasteiger partial charge in [-0.3, -0.25) is 23.8 Å². The first-order valence-electron chi connectivity index (χ1n) is 10.2. The summed E-state index contributed by atoms with van der Waals surface area (Å²) in [5, 5.41) is 4.46. The van der Waals surface area contributed by atoms with E-state index in [0.29, 0.717) is 18.7 Å². The minimum Gasteiger partial charge on any atom is -0.383 e. The van der Waals surface area contributed by atoms with E-state index in [1.54, 1.807) is 18.2 Å². The second-order valence-corrected chi connectivity index (χ2v) is 7.65. The summed E-state index contributed by atoms with van der Waals surface area (Å²) in [6, 6.07) is 9.15. The van der Waals surface area contributed by atoms with Crippen LogP contribution in [-0.4, -0.2) is 32.3 Å². The molecular formula is C22H28N6O3. The molecule has 0 aliphatic heterocycles. The smallest absolute Gasteiger partial charge is 0.330 e. The van der Waals surface area contributed by atoms with Gasteiger partial charge in [0.1, 0.15) is 5.82 Å². The number of nitrogens with zero attached hydrogens (tertiary/aromatic N) is 4. The number of nitrogens with one attached hydrogen (secondary N) is 1. The fourth-order valence-electron chi connectivity index (χ4n) is 3.55. The summed E-state index contributed by atoms with van der Waals surface area (Å²) in [5.74, 6) is -0.412. The summed E-state index contributed by atoms with van der Waals surface area (Å²) in [5.41, 5.74) is 8.10. The van der Waals surface area contributed by atoms with Crippen molar-refractivity contribution >= 4 is 17.4 Å². The van der Waals surface area contributed by atoms with Crippen LogP contribution in [0.4, 0.5) is 11.5 Å². The van der Waals surface area contributed by atoms with E-state index >= 15 is 0 Å². The third kappa shape index (κ3) is 4.60. The highest BCUT2D eigenvalue weighted by Gasteiger charge is 2.22. The molecule has 9 nitrogen and oxygen atoms in total. The van der Waals surface area contributed by atoms with E-state index in [9.17, 15) is 14.4 Å². The molecule has 0 spiro atoms. The van der Waals surface area contributed by atoms with Crippen molar-refractivity contribution in [2.45, 2.75) is 46.7 Å². The highest BCUT2D eigenvalue weighted by molar-refractivity contribution is 6.06. The van der Waals surface area contributed by atoms with Crippen molar-refractivity contribution in [2.75, 3.05) is 17.7 Å². The van der Waals surface area contributed by atoms with Gasteiger partial charge in [-0.25, -0.2) is 4.79 Å². The molecule has 0 atom stereocenters. The number of nitrogens with two attached hydrogens (primary N) is 1. The molecule has 0 saturated carbocycles. The Balaban J connectivity index is 1.92. The summed E-state index contributed by atoms with van der Waals surface area (Å²) in [6.07, 6.45) is 1.58. The van der Waals surface area contributed by atoms with E-state index in [1.807, 2.05) is 37.6 Å². The van der Waals surface area contributed by atoms with Crippen LogP contribution in [0.3, 0.4) is 0 Å². The fourth-order valence-corrected chi connectivity index (χ4v) is 3.55. The number of benzene rings is 1. The molecule has 0 aliphatic rings. The molecule has 3 rings (SSSR count). The normalized spacial score (nSPS) is 11.0. The Labute approximate surface area is 180 Å². The van der Waals surface area contributed by atoms with Crippen molar-refractivity contribution < 1.29 is 4.79 Å². The zero-order chi connectivity index (χ0) is 22.7. The van der Waals surface area contributed by atoms with Crippen molar-refractivity contribution in [3.8, 4) is 0 Å². The number of amides is 1. The molecule has 3 N–H and O–H groups in total. The molecule has 164 valence electrons. The zero-order valence-electron chi connectivity index (χ0n) is 18.3. The number of aryl methyl sites for hydroxylation is 2. The number of aromatic amines is 1. The average molecular weight is 425 g/mol. The number of nitrogen functional groups attached to an aromatic ring is 1. The number of carbonyl (C=O) groups is 1. The third-order valence-corrected chi connectivity index (χ3v) is 5.20. The third-order valence-electron chi connectivity index (χ3n) is 5.20. The van der Waals surface area contributed by atoms with E-state index in [2.05, 4.69) is 10.1 Å². The minimum absolute atomic E-state index is 0.0168. The van der Waals surface area contributed by atoms with Crippen LogP contribution in [0.15, 0.2) is 39.9 Å². The number of anilines is 2. The summed E-state index contributed by atoms with van der Waals surface area (Å²) in [7, 11) is 1.48.